The first-order valence-electron chi connectivity index (χ1n) is 7.05. The van der Waals surface area contributed by atoms with Gasteiger partial charge in [0.15, 0.2) is 5.82 Å². The molecule has 0 radical (unpaired) electrons. The van der Waals surface area contributed by atoms with Crippen molar-refractivity contribution in [2.45, 2.75) is 32.7 Å². The zero-order valence-corrected chi connectivity index (χ0v) is 11.7. The number of anilines is 2. The van der Waals surface area contributed by atoms with Crippen LogP contribution in [0.1, 0.15) is 26.2 Å². The Hall–Kier alpha value is -2.18. The van der Waals surface area contributed by atoms with E-state index in [-0.39, 0.29) is 5.95 Å². The van der Waals surface area contributed by atoms with Crippen molar-refractivity contribution >= 4 is 11.9 Å². The van der Waals surface area contributed by atoms with Gasteiger partial charge in [0.2, 0.25) is 11.9 Å². The summed E-state index contributed by atoms with van der Waals surface area (Å²) < 4.78 is 1.89. The van der Waals surface area contributed by atoms with Crippen molar-refractivity contribution < 1.29 is 0 Å². The molecule has 0 amide bonds. The topological polar surface area (TPSA) is 85.8 Å². The fraction of sp³-hybridized carbons (Fsp3) is 0.538. The van der Waals surface area contributed by atoms with Crippen molar-refractivity contribution in [1.29, 1.82) is 0 Å². The van der Waals surface area contributed by atoms with Crippen molar-refractivity contribution in [3.63, 3.8) is 0 Å². The number of aryl methyl sites for hydroxylation is 1. The second-order valence-corrected chi connectivity index (χ2v) is 5.00. The first-order valence-corrected chi connectivity index (χ1v) is 7.05. The number of hydrogen-bond donors (Lipinski definition) is 1. The first-order chi connectivity index (χ1) is 9.76. The minimum atomic E-state index is 0.264. The number of hydrogen-bond acceptors (Lipinski definition) is 6. The van der Waals surface area contributed by atoms with E-state index in [1.165, 1.54) is 12.8 Å². The molecule has 0 saturated carbocycles. The largest absolute Gasteiger partial charge is 0.368 e. The highest BCUT2D eigenvalue weighted by Gasteiger charge is 2.17. The standard InChI is InChI=1S/C13H19N7/c1-2-5-20-9-10(8-15-20)11-16-12(14)18-13(17-11)19-6-3-4-7-19/h8-9H,2-7H2,1H3,(H2,14,16,17,18). The smallest absolute Gasteiger partial charge is 0.230 e. The zero-order valence-electron chi connectivity index (χ0n) is 11.7. The lowest BCUT2D eigenvalue weighted by Crippen LogP contribution is -2.21. The molecule has 106 valence electrons. The van der Waals surface area contributed by atoms with Crippen molar-refractivity contribution in [3.8, 4) is 11.4 Å². The van der Waals surface area contributed by atoms with Crippen LogP contribution in [0.15, 0.2) is 12.4 Å². The van der Waals surface area contributed by atoms with E-state index in [1.807, 2.05) is 10.9 Å². The Morgan fingerprint density at radius 1 is 1.20 bits per heavy atom. The third-order valence-electron chi connectivity index (χ3n) is 3.37. The van der Waals surface area contributed by atoms with Crippen LogP contribution in [-0.4, -0.2) is 37.8 Å². The van der Waals surface area contributed by atoms with Crippen molar-refractivity contribution in [3.05, 3.63) is 12.4 Å². The molecule has 2 aromatic heterocycles. The number of nitrogens with zero attached hydrogens (tertiary/aromatic N) is 6. The summed E-state index contributed by atoms with van der Waals surface area (Å²) in [4.78, 5) is 15.1. The summed E-state index contributed by atoms with van der Waals surface area (Å²) in [5.41, 5.74) is 6.70. The first kappa shape index (κ1) is 12.8. The summed E-state index contributed by atoms with van der Waals surface area (Å²) in [5, 5.41) is 4.30. The predicted octanol–water partition coefficient (Wildman–Crippen LogP) is 1.33. The Bertz CT molecular complexity index is 586. The third-order valence-corrected chi connectivity index (χ3v) is 3.37. The molecular weight excluding hydrogens is 254 g/mol. The molecule has 1 fully saturated rings. The second-order valence-electron chi connectivity index (χ2n) is 5.00. The zero-order chi connectivity index (χ0) is 13.9. The van der Waals surface area contributed by atoms with Crippen molar-refractivity contribution in [1.82, 2.24) is 24.7 Å². The lowest BCUT2D eigenvalue weighted by atomic mass is 10.3. The van der Waals surface area contributed by atoms with Gasteiger partial charge in [0.25, 0.3) is 0 Å². The summed E-state index contributed by atoms with van der Waals surface area (Å²) in [6.07, 6.45) is 7.12. The fourth-order valence-corrected chi connectivity index (χ4v) is 2.40. The van der Waals surface area contributed by atoms with Gasteiger partial charge in [0.1, 0.15) is 0 Å². The van der Waals surface area contributed by atoms with Gasteiger partial charge in [-0.1, -0.05) is 6.92 Å². The SMILES string of the molecule is CCCn1cc(-c2nc(N)nc(N3CCCC3)n2)cn1. The highest BCUT2D eigenvalue weighted by Crippen LogP contribution is 2.21. The Morgan fingerprint density at radius 3 is 2.75 bits per heavy atom. The van der Waals surface area contributed by atoms with Gasteiger partial charge in [-0.15, -0.1) is 0 Å². The van der Waals surface area contributed by atoms with Crippen LogP contribution in [0, 0.1) is 0 Å². The normalized spacial score (nSPS) is 14.9. The molecule has 0 aliphatic carbocycles. The molecule has 2 N–H and O–H groups in total. The van der Waals surface area contributed by atoms with Gasteiger partial charge < -0.3 is 10.6 Å². The highest BCUT2D eigenvalue weighted by molar-refractivity contribution is 5.56. The summed E-state index contributed by atoms with van der Waals surface area (Å²) in [7, 11) is 0. The van der Waals surface area contributed by atoms with Gasteiger partial charge in [-0.2, -0.15) is 20.1 Å². The molecule has 20 heavy (non-hydrogen) atoms. The average Bonchev–Trinajstić information content (AvgIpc) is 3.09. The maximum Gasteiger partial charge on any atom is 0.230 e. The van der Waals surface area contributed by atoms with Gasteiger partial charge in [0.05, 0.1) is 11.8 Å². The number of rotatable bonds is 4. The summed E-state index contributed by atoms with van der Waals surface area (Å²) in [6, 6.07) is 0. The van der Waals surface area contributed by atoms with Gasteiger partial charge >= 0.3 is 0 Å². The van der Waals surface area contributed by atoms with Gasteiger partial charge in [0, 0.05) is 25.8 Å². The molecule has 2 aromatic rings. The Labute approximate surface area is 117 Å². The molecule has 0 bridgehead atoms. The van der Waals surface area contributed by atoms with Crippen LogP contribution in [0.4, 0.5) is 11.9 Å². The molecule has 1 aliphatic heterocycles. The van der Waals surface area contributed by atoms with Gasteiger partial charge in [-0.25, -0.2) is 0 Å². The quantitative estimate of drug-likeness (QED) is 0.904. The van der Waals surface area contributed by atoms with Crippen LogP contribution in [0.2, 0.25) is 0 Å². The Balaban J connectivity index is 1.91. The maximum absolute atomic E-state index is 5.81. The number of nitrogen functional groups attached to an aromatic ring is 1. The van der Waals surface area contributed by atoms with Crippen LogP contribution in [0.25, 0.3) is 11.4 Å². The minimum Gasteiger partial charge on any atom is -0.368 e. The lowest BCUT2D eigenvalue weighted by molar-refractivity contribution is 0.603. The van der Waals surface area contributed by atoms with Crippen LogP contribution >= 0.6 is 0 Å². The van der Waals surface area contributed by atoms with Crippen LogP contribution in [-0.2, 0) is 6.54 Å². The molecule has 1 aliphatic rings. The summed E-state index contributed by atoms with van der Waals surface area (Å²) in [6.45, 7) is 4.98. The monoisotopic (exact) mass is 273 g/mol. The fourth-order valence-electron chi connectivity index (χ4n) is 2.40. The molecule has 0 aromatic carbocycles. The van der Waals surface area contributed by atoms with E-state index in [4.69, 9.17) is 5.73 Å². The van der Waals surface area contributed by atoms with Crippen LogP contribution in [0.3, 0.4) is 0 Å². The number of aromatic nitrogens is 5. The predicted molar refractivity (Wildman–Crippen MR) is 77.2 cm³/mol. The molecule has 0 spiro atoms. The maximum atomic E-state index is 5.81. The molecule has 3 rings (SSSR count). The summed E-state index contributed by atoms with van der Waals surface area (Å²) in [5.74, 6) is 1.54. The van der Waals surface area contributed by atoms with Crippen LogP contribution < -0.4 is 10.6 Å². The van der Waals surface area contributed by atoms with E-state index in [0.29, 0.717) is 11.8 Å². The van der Waals surface area contributed by atoms with Gasteiger partial charge in [-0.05, 0) is 19.3 Å². The summed E-state index contributed by atoms with van der Waals surface area (Å²) >= 11 is 0. The van der Waals surface area contributed by atoms with E-state index in [1.54, 1.807) is 6.20 Å². The molecule has 3 heterocycles. The van der Waals surface area contributed by atoms with E-state index >= 15 is 0 Å². The Kier molecular flexibility index (Phi) is 3.49. The number of nitrogens with two attached hydrogens (primary N) is 1. The molecule has 0 unspecified atom stereocenters. The van der Waals surface area contributed by atoms with Crippen molar-refractivity contribution in [2.75, 3.05) is 23.7 Å². The van der Waals surface area contributed by atoms with E-state index in [9.17, 15) is 0 Å². The third kappa shape index (κ3) is 2.56. The molecule has 7 nitrogen and oxygen atoms in total. The molecule has 1 saturated heterocycles. The van der Waals surface area contributed by atoms with Gasteiger partial charge in [-0.3, -0.25) is 4.68 Å². The van der Waals surface area contributed by atoms with E-state index < -0.39 is 0 Å². The Morgan fingerprint density at radius 2 is 2.00 bits per heavy atom. The van der Waals surface area contributed by atoms with E-state index in [2.05, 4.69) is 31.9 Å². The lowest BCUT2D eigenvalue weighted by Gasteiger charge is -2.15. The molecule has 0 atom stereocenters. The van der Waals surface area contributed by atoms with Crippen molar-refractivity contribution in [2.24, 2.45) is 0 Å². The molecular formula is C13H19N7. The second kappa shape index (κ2) is 5.44. The molecule has 7 heteroatoms. The average molecular weight is 273 g/mol. The highest BCUT2D eigenvalue weighted by atomic mass is 15.3. The minimum absolute atomic E-state index is 0.264. The van der Waals surface area contributed by atoms with E-state index in [0.717, 1.165) is 31.6 Å². The van der Waals surface area contributed by atoms with Crippen LogP contribution in [0.5, 0.6) is 0 Å².